The Hall–Kier alpha value is -2.60. The van der Waals surface area contributed by atoms with E-state index in [1.807, 2.05) is 50.5 Å². The van der Waals surface area contributed by atoms with Gasteiger partial charge in [0.2, 0.25) is 11.8 Å². The van der Waals surface area contributed by atoms with Crippen LogP contribution in [0.1, 0.15) is 30.1 Å². The molecule has 6 heteroatoms. The molecule has 0 aliphatic carbocycles. The van der Waals surface area contributed by atoms with Crippen molar-refractivity contribution < 1.29 is 9.59 Å². The summed E-state index contributed by atoms with van der Waals surface area (Å²) in [6, 6.07) is 12.0. The lowest BCUT2D eigenvalue weighted by Crippen LogP contribution is -2.41. The standard InChI is InChI=1S/C21H28N4O2/c1-16-8-10-17(11-9-16)22-20(26)14-24(3)21(27)15-25-13-5-7-19(25)18-6-4-12-23(18)2/h4,6,8-12,19H,5,7,13-15H2,1-3H3,(H,22,26)/t19-/m1/s1. The van der Waals surface area contributed by atoms with Crippen LogP contribution in [0.3, 0.4) is 0 Å². The van der Waals surface area contributed by atoms with E-state index >= 15 is 0 Å². The number of hydrogen-bond donors (Lipinski definition) is 1. The maximum Gasteiger partial charge on any atom is 0.243 e. The zero-order valence-corrected chi connectivity index (χ0v) is 16.3. The van der Waals surface area contributed by atoms with Gasteiger partial charge in [0, 0.05) is 31.7 Å². The molecule has 144 valence electrons. The first kappa shape index (κ1) is 19.2. The van der Waals surface area contributed by atoms with Crippen LogP contribution in [0, 0.1) is 6.92 Å². The number of carbonyl (C=O) groups excluding carboxylic acids is 2. The summed E-state index contributed by atoms with van der Waals surface area (Å²) in [7, 11) is 3.72. The van der Waals surface area contributed by atoms with Crippen molar-refractivity contribution in [1.29, 1.82) is 0 Å². The highest BCUT2D eigenvalue weighted by atomic mass is 16.2. The Labute approximate surface area is 160 Å². The number of hydrogen-bond acceptors (Lipinski definition) is 3. The van der Waals surface area contributed by atoms with Crippen LogP contribution >= 0.6 is 0 Å². The monoisotopic (exact) mass is 368 g/mol. The van der Waals surface area contributed by atoms with Gasteiger partial charge in [-0.1, -0.05) is 17.7 Å². The average Bonchev–Trinajstić information content (AvgIpc) is 3.25. The molecule has 2 heterocycles. The van der Waals surface area contributed by atoms with Gasteiger partial charge in [-0.3, -0.25) is 14.5 Å². The van der Waals surface area contributed by atoms with Gasteiger partial charge in [-0.2, -0.15) is 0 Å². The number of aromatic nitrogens is 1. The van der Waals surface area contributed by atoms with E-state index in [9.17, 15) is 9.59 Å². The van der Waals surface area contributed by atoms with Crippen molar-refractivity contribution in [2.45, 2.75) is 25.8 Å². The molecule has 0 bridgehead atoms. The van der Waals surface area contributed by atoms with E-state index in [1.54, 1.807) is 7.05 Å². The molecule has 0 spiro atoms. The van der Waals surface area contributed by atoms with Gasteiger partial charge in [0.05, 0.1) is 19.1 Å². The van der Waals surface area contributed by atoms with E-state index in [-0.39, 0.29) is 24.4 Å². The third kappa shape index (κ3) is 4.77. The van der Waals surface area contributed by atoms with Gasteiger partial charge in [0.15, 0.2) is 0 Å². The number of carbonyl (C=O) groups is 2. The summed E-state index contributed by atoms with van der Waals surface area (Å²) in [6.45, 7) is 3.30. The molecule has 1 aromatic heterocycles. The van der Waals surface area contributed by atoms with E-state index in [2.05, 4.69) is 20.9 Å². The number of anilines is 1. The molecule has 1 fully saturated rings. The molecule has 1 aromatic carbocycles. The number of amides is 2. The van der Waals surface area contributed by atoms with Gasteiger partial charge in [-0.05, 0) is 50.6 Å². The van der Waals surface area contributed by atoms with Crippen LogP contribution in [0.15, 0.2) is 42.6 Å². The predicted molar refractivity (Wildman–Crippen MR) is 106 cm³/mol. The normalized spacial score (nSPS) is 17.1. The minimum absolute atomic E-state index is 0.0323. The zero-order valence-electron chi connectivity index (χ0n) is 16.3. The summed E-state index contributed by atoms with van der Waals surface area (Å²) in [6.07, 6.45) is 4.18. The Morgan fingerprint density at radius 3 is 2.63 bits per heavy atom. The van der Waals surface area contributed by atoms with Crippen LogP contribution < -0.4 is 5.32 Å². The molecule has 1 aliphatic heterocycles. The second kappa shape index (κ2) is 8.39. The van der Waals surface area contributed by atoms with Crippen molar-refractivity contribution in [2.24, 2.45) is 7.05 Å². The molecule has 1 saturated heterocycles. The lowest BCUT2D eigenvalue weighted by Gasteiger charge is -2.26. The number of nitrogens with one attached hydrogen (secondary N) is 1. The van der Waals surface area contributed by atoms with Crippen molar-refractivity contribution in [3.05, 3.63) is 53.9 Å². The van der Waals surface area contributed by atoms with Crippen molar-refractivity contribution in [2.75, 3.05) is 32.0 Å². The molecule has 0 unspecified atom stereocenters. The molecule has 0 radical (unpaired) electrons. The Morgan fingerprint density at radius 2 is 1.96 bits per heavy atom. The zero-order chi connectivity index (χ0) is 19.4. The summed E-state index contributed by atoms with van der Waals surface area (Å²) in [5, 5.41) is 2.84. The van der Waals surface area contributed by atoms with Crippen LogP contribution in [0.4, 0.5) is 5.69 Å². The summed E-state index contributed by atoms with van der Waals surface area (Å²) in [4.78, 5) is 28.6. The SMILES string of the molecule is Cc1ccc(NC(=O)CN(C)C(=O)CN2CCC[C@@H]2c2cccn2C)cc1. The van der Waals surface area contributed by atoms with E-state index in [0.717, 1.165) is 30.6 Å². The molecular formula is C21H28N4O2. The molecule has 3 rings (SSSR count). The number of benzene rings is 1. The van der Waals surface area contributed by atoms with Crippen molar-refractivity contribution >= 4 is 17.5 Å². The Kier molecular flexibility index (Phi) is 5.96. The van der Waals surface area contributed by atoms with E-state index < -0.39 is 0 Å². The average molecular weight is 368 g/mol. The molecule has 2 amide bonds. The maximum absolute atomic E-state index is 12.6. The minimum atomic E-state index is -0.185. The van der Waals surface area contributed by atoms with Crippen LogP contribution in [-0.4, -0.2) is 52.9 Å². The number of rotatable bonds is 6. The van der Waals surface area contributed by atoms with Gasteiger partial charge >= 0.3 is 0 Å². The second-order valence-corrected chi connectivity index (χ2v) is 7.34. The molecule has 2 aromatic rings. The Morgan fingerprint density at radius 1 is 1.22 bits per heavy atom. The molecule has 6 nitrogen and oxygen atoms in total. The third-order valence-electron chi connectivity index (χ3n) is 5.17. The van der Waals surface area contributed by atoms with Crippen molar-refractivity contribution in [3.63, 3.8) is 0 Å². The first-order chi connectivity index (χ1) is 12.9. The number of aryl methyl sites for hydroxylation is 2. The van der Waals surface area contributed by atoms with E-state index in [1.165, 1.54) is 10.6 Å². The Bertz CT molecular complexity index is 797. The Balaban J connectivity index is 1.53. The lowest BCUT2D eigenvalue weighted by atomic mass is 10.1. The summed E-state index contributed by atoms with van der Waals surface area (Å²) < 4.78 is 2.12. The third-order valence-corrected chi connectivity index (χ3v) is 5.17. The second-order valence-electron chi connectivity index (χ2n) is 7.34. The van der Waals surface area contributed by atoms with Gasteiger partial charge < -0.3 is 14.8 Å². The quantitative estimate of drug-likeness (QED) is 0.853. The van der Waals surface area contributed by atoms with Gasteiger partial charge in [-0.25, -0.2) is 0 Å². The molecule has 1 aliphatic rings. The molecule has 27 heavy (non-hydrogen) atoms. The summed E-state index contributed by atoms with van der Waals surface area (Å²) in [5.41, 5.74) is 3.12. The highest BCUT2D eigenvalue weighted by molar-refractivity contribution is 5.94. The lowest BCUT2D eigenvalue weighted by molar-refractivity contribution is -0.134. The van der Waals surface area contributed by atoms with Crippen LogP contribution in [0.25, 0.3) is 0 Å². The maximum atomic E-state index is 12.6. The van der Waals surface area contributed by atoms with Crippen LogP contribution in [-0.2, 0) is 16.6 Å². The van der Waals surface area contributed by atoms with E-state index in [0.29, 0.717) is 6.54 Å². The largest absolute Gasteiger partial charge is 0.353 e. The highest BCUT2D eigenvalue weighted by Crippen LogP contribution is 2.31. The van der Waals surface area contributed by atoms with Crippen molar-refractivity contribution in [3.8, 4) is 0 Å². The predicted octanol–water partition coefficient (Wildman–Crippen LogP) is 2.57. The number of nitrogens with zero attached hydrogens (tertiary/aromatic N) is 3. The molecule has 1 N–H and O–H groups in total. The molecule has 0 saturated carbocycles. The van der Waals surface area contributed by atoms with Crippen molar-refractivity contribution in [1.82, 2.24) is 14.4 Å². The fourth-order valence-electron chi connectivity index (χ4n) is 3.61. The number of likely N-dealkylation sites (N-methyl/N-ethyl adjacent to an activating group) is 1. The van der Waals surface area contributed by atoms with Crippen LogP contribution in [0.5, 0.6) is 0 Å². The first-order valence-electron chi connectivity index (χ1n) is 9.40. The highest BCUT2D eigenvalue weighted by Gasteiger charge is 2.30. The summed E-state index contributed by atoms with van der Waals surface area (Å²) in [5.74, 6) is -0.217. The summed E-state index contributed by atoms with van der Waals surface area (Å²) >= 11 is 0. The number of likely N-dealkylation sites (tertiary alicyclic amines) is 1. The minimum Gasteiger partial charge on any atom is -0.353 e. The van der Waals surface area contributed by atoms with Gasteiger partial charge in [-0.15, -0.1) is 0 Å². The molecule has 1 atom stereocenters. The van der Waals surface area contributed by atoms with E-state index in [4.69, 9.17) is 0 Å². The smallest absolute Gasteiger partial charge is 0.243 e. The fourth-order valence-corrected chi connectivity index (χ4v) is 3.61. The van der Waals surface area contributed by atoms with Gasteiger partial charge in [0.1, 0.15) is 0 Å². The topological polar surface area (TPSA) is 57.6 Å². The first-order valence-corrected chi connectivity index (χ1v) is 9.40. The van der Waals surface area contributed by atoms with Gasteiger partial charge in [0.25, 0.3) is 0 Å². The fraction of sp³-hybridized carbons (Fsp3) is 0.429. The van der Waals surface area contributed by atoms with Crippen LogP contribution in [0.2, 0.25) is 0 Å². The molecular weight excluding hydrogens is 340 g/mol.